The Morgan fingerprint density at radius 3 is 2.65 bits per heavy atom. The van der Waals surface area contributed by atoms with E-state index in [2.05, 4.69) is 12.2 Å². The second-order valence-corrected chi connectivity index (χ2v) is 8.39. The molecule has 7 heteroatoms. The summed E-state index contributed by atoms with van der Waals surface area (Å²) in [6.07, 6.45) is 5.57. The summed E-state index contributed by atoms with van der Waals surface area (Å²) in [5, 5.41) is 14.7. The van der Waals surface area contributed by atoms with E-state index in [1.807, 2.05) is 19.1 Å². The highest BCUT2D eigenvalue weighted by molar-refractivity contribution is 5.85. The van der Waals surface area contributed by atoms with Crippen molar-refractivity contribution in [3.63, 3.8) is 0 Å². The highest BCUT2D eigenvalue weighted by Gasteiger charge is 2.22. The fourth-order valence-electron chi connectivity index (χ4n) is 4.19. The Morgan fingerprint density at radius 2 is 1.97 bits per heavy atom. The topological polar surface area (TPSA) is 109 Å². The fourth-order valence-corrected chi connectivity index (χ4v) is 4.19. The van der Waals surface area contributed by atoms with Gasteiger partial charge in [-0.2, -0.15) is 0 Å². The minimum Gasteiger partial charge on any atom is -0.550 e. The van der Waals surface area contributed by atoms with Crippen molar-refractivity contribution in [1.82, 2.24) is 5.32 Å². The van der Waals surface area contributed by atoms with Gasteiger partial charge in [0, 0.05) is 29.5 Å². The zero-order valence-corrected chi connectivity index (χ0v) is 18.2. The molecule has 7 nitrogen and oxygen atoms in total. The molecule has 1 N–H and O–H groups in total. The van der Waals surface area contributed by atoms with Gasteiger partial charge in [-0.05, 0) is 75.0 Å². The van der Waals surface area contributed by atoms with E-state index in [0.29, 0.717) is 36.3 Å². The first-order valence-corrected chi connectivity index (χ1v) is 11.1. The van der Waals surface area contributed by atoms with Crippen molar-refractivity contribution in [3.05, 3.63) is 39.7 Å². The summed E-state index contributed by atoms with van der Waals surface area (Å²) in [6, 6.07) is 5.23. The number of hydrogen-bond acceptors (Lipinski definition) is 6. The van der Waals surface area contributed by atoms with Crippen LogP contribution in [0.3, 0.4) is 0 Å². The Labute approximate surface area is 181 Å². The van der Waals surface area contributed by atoms with Gasteiger partial charge < -0.3 is 24.4 Å². The highest BCUT2D eigenvalue weighted by atomic mass is 16.5. The quantitative estimate of drug-likeness (QED) is 0.615. The number of ether oxygens (including phenoxy) is 1. The minimum absolute atomic E-state index is 0.138. The molecule has 0 spiro atoms. The molecule has 31 heavy (non-hydrogen) atoms. The first-order valence-electron chi connectivity index (χ1n) is 11.1. The lowest BCUT2D eigenvalue weighted by atomic mass is 9.82. The maximum absolute atomic E-state index is 12.2. The summed E-state index contributed by atoms with van der Waals surface area (Å²) in [5.41, 5.74) is 1.78. The normalized spacial score (nSPS) is 18.6. The Hall–Kier alpha value is -2.83. The molecule has 1 saturated carbocycles. The van der Waals surface area contributed by atoms with Gasteiger partial charge in [0.25, 0.3) is 5.91 Å². The van der Waals surface area contributed by atoms with Crippen molar-refractivity contribution in [2.45, 2.75) is 58.8 Å². The number of aliphatic carboxylic acids is 1. The van der Waals surface area contributed by atoms with Crippen molar-refractivity contribution in [2.24, 2.45) is 11.8 Å². The van der Waals surface area contributed by atoms with E-state index >= 15 is 0 Å². The molecule has 3 rings (SSSR count). The van der Waals surface area contributed by atoms with Crippen LogP contribution in [0, 0.1) is 18.8 Å². The Kier molecular flexibility index (Phi) is 7.71. The molecular weight excluding hydrogens is 398 g/mol. The molecule has 0 aliphatic heterocycles. The molecule has 1 aromatic carbocycles. The lowest BCUT2D eigenvalue weighted by Gasteiger charge is -2.29. The van der Waals surface area contributed by atoms with Crippen LogP contribution in [-0.2, 0) is 16.0 Å². The van der Waals surface area contributed by atoms with Crippen molar-refractivity contribution < 1.29 is 23.8 Å². The number of carbonyl (C=O) groups is 2. The van der Waals surface area contributed by atoms with E-state index in [1.54, 1.807) is 6.07 Å². The van der Waals surface area contributed by atoms with Crippen LogP contribution in [0.5, 0.6) is 5.75 Å². The number of rotatable bonds is 9. The van der Waals surface area contributed by atoms with Crippen molar-refractivity contribution in [1.29, 1.82) is 0 Å². The molecule has 1 aliphatic rings. The van der Waals surface area contributed by atoms with E-state index in [-0.39, 0.29) is 30.0 Å². The number of hydrogen-bond donors (Lipinski definition) is 1. The molecule has 1 aliphatic carbocycles. The van der Waals surface area contributed by atoms with Crippen molar-refractivity contribution >= 4 is 22.8 Å². The summed E-state index contributed by atoms with van der Waals surface area (Å²) in [4.78, 5) is 35.1. The van der Waals surface area contributed by atoms with E-state index < -0.39 is 5.97 Å². The first kappa shape index (κ1) is 22.8. The minimum atomic E-state index is -0.977. The molecule has 168 valence electrons. The number of aryl methyl sites for hydroxylation is 2. The van der Waals surface area contributed by atoms with Gasteiger partial charge in [0.15, 0.2) is 6.61 Å². The summed E-state index contributed by atoms with van der Waals surface area (Å²) < 4.78 is 11.1. The third kappa shape index (κ3) is 5.87. The number of unbranched alkanes of at least 4 members (excludes halogenated alkanes) is 1. The molecule has 1 fully saturated rings. The fraction of sp³-hybridized carbons (Fsp3) is 0.542. The predicted octanol–water partition coefficient (Wildman–Crippen LogP) is 2.50. The maximum Gasteiger partial charge on any atom is 0.336 e. The van der Waals surface area contributed by atoms with Gasteiger partial charge in [-0.3, -0.25) is 4.79 Å². The lowest BCUT2D eigenvalue weighted by molar-refractivity contribution is -0.312. The summed E-state index contributed by atoms with van der Waals surface area (Å²) >= 11 is 0. The third-order valence-electron chi connectivity index (χ3n) is 6.12. The second kappa shape index (κ2) is 10.5. The van der Waals surface area contributed by atoms with Crippen LogP contribution in [0.1, 0.15) is 56.6 Å². The molecule has 1 heterocycles. The average Bonchev–Trinajstić information content (AvgIpc) is 2.76. The average molecular weight is 429 g/mol. The number of carbonyl (C=O) groups excluding carboxylic acids is 2. The maximum atomic E-state index is 12.2. The van der Waals surface area contributed by atoms with Gasteiger partial charge in [-0.1, -0.05) is 13.3 Å². The SMILES string of the molecule is CCCCc1cc(=O)oc2c(C)c(OCC(=O)NCC3CCC(C(=O)[O-])CC3)ccc12. The third-order valence-corrected chi connectivity index (χ3v) is 6.12. The van der Waals surface area contributed by atoms with Crippen molar-refractivity contribution in [3.8, 4) is 5.75 Å². The number of fused-ring (bicyclic) bond motifs is 1. The molecule has 0 bridgehead atoms. The second-order valence-electron chi connectivity index (χ2n) is 8.39. The number of nitrogens with one attached hydrogen (secondary N) is 1. The summed E-state index contributed by atoms with van der Waals surface area (Å²) in [6.45, 7) is 4.29. The smallest absolute Gasteiger partial charge is 0.336 e. The molecule has 0 radical (unpaired) electrons. The zero-order chi connectivity index (χ0) is 22.4. The Bertz CT molecular complexity index is 987. The van der Waals surface area contributed by atoms with Crippen LogP contribution < -0.4 is 20.8 Å². The van der Waals surface area contributed by atoms with Crippen LogP contribution in [-0.4, -0.2) is 25.0 Å². The molecular formula is C24H30NO6-. The van der Waals surface area contributed by atoms with Gasteiger partial charge in [-0.15, -0.1) is 0 Å². The Morgan fingerprint density at radius 1 is 1.23 bits per heavy atom. The van der Waals surface area contributed by atoms with Crippen LogP contribution in [0.4, 0.5) is 0 Å². The molecule has 0 atom stereocenters. The predicted molar refractivity (Wildman–Crippen MR) is 115 cm³/mol. The highest BCUT2D eigenvalue weighted by Crippen LogP contribution is 2.29. The summed E-state index contributed by atoms with van der Waals surface area (Å²) in [7, 11) is 0. The number of carboxylic acid groups (broad SMARTS) is 1. The summed E-state index contributed by atoms with van der Waals surface area (Å²) in [5.74, 6) is -0.797. The largest absolute Gasteiger partial charge is 0.550 e. The van der Waals surface area contributed by atoms with Gasteiger partial charge >= 0.3 is 5.63 Å². The standard InChI is InChI=1S/C24H31NO6/c1-3-4-5-18-12-22(27)31-23-15(2)20(11-10-19(18)23)30-14-21(26)25-13-16-6-8-17(9-7-16)24(28)29/h10-12,16-17H,3-9,13-14H2,1-2H3,(H,25,26)(H,28,29)/p-1. The van der Waals surface area contributed by atoms with Crippen LogP contribution in [0.2, 0.25) is 0 Å². The van der Waals surface area contributed by atoms with Gasteiger partial charge in [0.2, 0.25) is 0 Å². The monoisotopic (exact) mass is 428 g/mol. The van der Waals surface area contributed by atoms with Crippen LogP contribution in [0.15, 0.2) is 27.4 Å². The molecule has 0 unspecified atom stereocenters. The van der Waals surface area contributed by atoms with E-state index in [9.17, 15) is 19.5 Å². The molecule has 2 aromatic rings. The zero-order valence-electron chi connectivity index (χ0n) is 18.2. The Balaban J connectivity index is 1.57. The van der Waals surface area contributed by atoms with Gasteiger partial charge in [-0.25, -0.2) is 4.79 Å². The molecule has 1 aromatic heterocycles. The van der Waals surface area contributed by atoms with E-state index in [1.165, 1.54) is 0 Å². The van der Waals surface area contributed by atoms with E-state index in [0.717, 1.165) is 43.1 Å². The molecule has 1 amide bonds. The van der Waals surface area contributed by atoms with Crippen LogP contribution >= 0.6 is 0 Å². The van der Waals surface area contributed by atoms with Gasteiger partial charge in [0.05, 0.1) is 0 Å². The first-order chi connectivity index (χ1) is 14.9. The number of carboxylic acids is 1. The van der Waals surface area contributed by atoms with E-state index in [4.69, 9.17) is 9.15 Å². The van der Waals surface area contributed by atoms with Gasteiger partial charge in [0.1, 0.15) is 11.3 Å². The molecule has 0 saturated heterocycles. The lowest BCUT2D eigenvalue weighted by Crippen LogP contribution is -2.37. The number of benzene rings is 1. The van der Waals surface area contributed by atoms with Crippen LogP contribution in [0.25, 0.3) is 11.0 Å². The van der Waals surface area contributed by atoms with Crippen molar-refractivity contribution in [2.75, 3.05) is 13.2 Å². The number of amides is 1.